The second-order valence-electron chi connectivity index (χ2n) is 6.13. The average Bonchev–Trinajstić information content (AvgIpc) is 2.43. The lowest BCUT2D eigenvalue weighted by Crippen LogP contribution is -2.49. The number of likely N-dealkylation sites (tertiary alicyclic amines) is 1. The van der Waals surface area contributed by atoms with Crippen LogP contribution in [0.15, 0.2) is 0 Å². The average molecular weight is 254 g/mol. The minimum Gasteiger partial charge on any atom is -0.383 e. The van der Waals surface area contributed by atoms with Crippen LogP contribution in [-0.4, -0.2) is 50.8 Å². The maximum absolute atomic E-state index is 5.06. The Morgan fingerprint density at radius 3 is 2.78 bits per heavy atom. The van der Waals surface area contributed by atoms with Crippen molar-refractivity contribution in [1.82, 2.24) is 10.2 Å². The molecule has 1 aliphatic heterocycles. The molecule has 0 aromatic heterocycles. The van der Waals surface area contributed by atoms with Crippen molar-refractivity contribution in [1.29, 1.82) is 0 Å². The Hall–Kier alpha value is -0.120. The molecule has 2 fully saturated rings. The number of rotatable bonds is 6. The van der Waals surface area contributed by atoms with Gasteiger partial charge in [0.2, 0.25) is 0 Å². The lowest BCUT2D eigenvalue weighted by atomic mass is 9.75. The molecule has 3 atom stereocenters. The summed E-state index contributed by atoms with van der Waals surface area (Å²) >= 11 is 0. The van der Waals surface area contributed by atoms with Crippen molar-refractivity contribution >= 4 is 0 Å². The minimum absolute atomic E-state index is 0.671. The maximum atomic E-state index is 5.06. The Balaban J connectivity index is 1.69. The van der Waals surface area contributed by atoms with Crippen LogP contribution in [-0.2, 0) is 4.74 Å². The normalized spacial score (nSPS) is 31.0. The van der Waals surface area contributed by atoms with Crippen LogP contribution in [0.2, 0.25) is 0 Å². The highest BCUT2D eigenvalue weighted by atomic mass is 16.5. The van der Waals surface area contributed by atoms with Gasteiger partial charge in [0.05, 0.1) is 6.61 Å². The van der Waals surface area contributed by atoms with Gasteiger partial charge in [0, 0.05) is 32.8 Å². The van der Waals surface area contributed by atoms with E-state index in [0.29, 0.717) is 6.04 Å². The van der Waals surface area contributed by atoms with Crippen molar-refractivity contribution < 1.29 is 4.74 Å². The molecule has 2 rings (SSSR count). The fourth-order valence-electron chi connectivity index (χ4n) is 3.64. The van der Waals surface area contributed by atoms with E-state index in [1.807, 2.05) is 0 Å². The van der Waals surface area contributed by atoms with Gasteiger partial charge in [0.1, 0.15) is 0 Å². The van der Waals surface area contributed by atoms with Gasteiger partial charge in [-0.05, 0) is 38.1 Å². The van der Waals surface area contributed by atoms with E-state index >= 15 is 0 Å². The number of nitrogens with zero attached hydrogens (tertiary/aromatic N) is 1. The van der Waals surface area contributed by atoms with E-state index in [0.717, 1.165) is 31.5 Å². The van der Waals surface area contributed by atoms with Crippen LogP contribution >= 0.6 is 0 Å². The number of ether oxygens (including phenoxy) is 1. The monoisotopic (exact) mass is 254 g/mol. The molecule has 106 valence electrons. The largest absolute Gasteiger partial charge is 0.383 e. The summed E-state index contributed by atoms with van der Waals surface area (Å²) in [5.74, 6) is 2.04. The maximum Gasteiger partial charge on any atom is 0.0587 e. The summed E-state index contributed by atoms with van der Waals surface area (Å²) in [7, 11) is 1.76. The van der Waals surface area contributed by atoms with E-state index in [4.69, 9.17) is 4.74 Å². The van der Waals surface area contributed by atoms with Gasteiger partial charge in [0.15, 0.2) is 0 Å². The summed E-state index contributed by atoms with van der Waals surface area (Å²) in [6.07, 6.45) is 7.36. The van der Waals surface area contributed by atoms with Crippen molar-refractivity contribution in [2.75, 3.05) is 39.9 Å². The summed E-state index contributed by atoms with van der Waals surface area (Å²) in [6.45, 7) is 7.91. The van der Waals surface area contributed by atoms with Gasteiger partial charge >= 0.3 is 0 Å². The Morgan fingerprint density at radius 1 is 1.22 bits per heavy atom. The van der Waals surface area contributed by atoms with E-state index in [1.54, 1.807) is 7.11 Å². The van der Waals surface area contributed by atoms with Crippen molar-refractivity contribution in [3.63, 3.8) is 0 Å². The Bertz CT molecular complexity index is 235. The predicted octanol–water partition coefficient (Wildman–Crippen LogP) is 2.12. The summed E-state index contributed by atoms with van der Waals surface area (Å²) in [5.41, 5.74) is 0. The van der Waals surface area contributed by atoms with Gasteiger partial charge in [-0.2, -0.15) is 0 Å². The van der Waals surface area contributed by atoms with E-state index in [-0.39, 0.29) is 0 Å². The Kier molecular flexibility index (Phi) is 5.93. The molecule has 0 aromatic rings. The molecule has 3 unspecified atom stereocenters. The van der Waals surface area contributed by atoms with Crippen molar-refractivity contribution in [3.8, 4) is 0 Å². The van der Waals surface area contributed by atoms with E-state index in [2.05, 4.69) is 17.1 Å². The van der Waals surface area contributed by atoms with Crippen LogP contribution in [0.4, 0.5) is 0 Å². The first-order chi connectivity index (χ1) is 8.81. The predicted molar refractivity (Wildman–Crippen MR) is 75.8 cm³/mol. The fraction of sp³-hybridized carbons (Fsp3) is 1.00. The third kappa shape index (κ3) is 3.94. The molecule has 0 amide bonds. The topological polar surface area (TPSA) is 24.5 Å². The summed E-state index contributed by atoms with van der Waals surface area (Å²) < 4.78 is 5.06. The first-order valence-electron chi connectivity index (χ1n) is 7.75. The highest BCUT2D eigenvalue weighted by molar-refractivity contribution is 4.85. The van der Waals surface area contributed by atoms with Crippen molar-refractivity contribution in [3.05, 3.63) is 0 Å². The van der Waals surface area contributed by atoms with Crippen LogP contribution in [0.5, 0.6) is 0 Å². The SMILES string of the molecule is COCCNCC(C)N1CCC2CCCCC2C1. The molecule has 0 aromatic carbocycles. The van der Waals surface area contributed by atoms with Gasteiger partial charge in [-0.1, -0.05) is 19.3 Å². The van der Waals surface area contributed by atoms with E-state index in [9.17, 15) is 0 Å². The first kappa shape index (κ1) is 14.3. The number of hydrogen-bond donors (Lipinski definition) is 1. The second kappa shape index (κ2) is 7.46. The Morgan fingerprint density at radius 2 is 2.00 bits per heavy atom. The quantitative estimate of drug-likeness (QED) is 0.735. The fourth-order valence-corrected chi connectivity index (χ4v) is 3.64. The lowest BCUT2D eigenvalue weighted by Gasteiger charge is -2.43. The molecule has 0 radical (unpaired) electrons. The number of piperidine rings is 1. The molecule has 3 heteroatoms. The highest BCUT2D eigenvalue weighted by Gasteiger charge is 2.32. The summed E-state index contributed by atoms with van der Waals surface area (Å²) in [5, 5.41) is 3.49. The zero-order valence-electron chi connectivity index (χ0n) is 12.2. The zero-order chi connectivity index (χ0) is 12.8. The van der Waals surface area contributed by atoms with Gasteiger partial charge in [-0.15, -0.1) is 0 Å². The molecule has 2 aliphatic rings. The molecular formula is C15H30N2O. The molecule has 18 heavy (non-hydrogen) atoms. The van der Waals surface area contributed by atoms with Crippen LogP contribution in [0.25, 0.3) is 0 Å². The molecule has 1 heterocycles. The highest BCUT2D eigenvalue weighted by Crippen LogP contribution is 2.36. The third-order valence-electron chi connectivity index (χ3n) is 4.87. The molecule has 1 N–H and O–H groups in total. The second-order valence-corrected chi connectivity index (χ2v) is 6.13. The number of hydrogen-bond acceptors (Lipinski definition) is 3. The van der Waals surface area contributed by atoms with Crippen LogP contribution in [0.1, 0.15) is 39.0 Å². The lowest BCUT2D eigenvalue weighted by molar-refractivity contribution is 0.0612. The zero-order valence-corrected chi connectivity index (χ0v) is 12.2. The number of methoxy groups -OCH3 is 1. The smallest absolute Gasteiger partial charge is 0.0587 e. The third-order valence-corrected chi connectivity index (χ3v) is 4.87. The first-order valence-corrected chi connectivity index (χ1v) is 7.75. The van der Waals surface area contributed by atoms with Gasteiger partial charge in [-0.25, -0.2) is 0 Å². The standard InChI is InChI=1S/C15H30N2O/c1-13(11-16-8-10-18-2)17-9-7-14-5-3-4-6-15(14)12-17/h13-16H,3-12H2,1-2H3. The van der Waals surface area contributed by atoms with Crippen LogP contribution < -0.4 is 5.32 Å². The van der Waals surface area contributed by atoms with Crippen LogP contribution in [0, 0.1) is 11.8 Å². The van der Waals surface area contributed by atoms with Crippen molar-refractivity contribution in [2.24, 2.45) is 11.8 Å². The van der Waals surface area contributed by atoms with E-state index in [1.165, 1.54) is 45.2 Å². The molecule has 3 nitrogen and oxygen atoms in total. The molecule has 0 spiro atoms. The van der Waals surface area contributed by atoms with Crippen LogP contribution in [0.3, 0.4) is 0 Å². The summed E-state index contributed by atoms with van der Waals surface area (Å²) in [6, 6.07) is 0.671. The Labute approximate surface area is 112 Å². The summed E-state index contributed by atoms with van der Waals surface area (Å²) in [4.78, 5) is 2.70. The molecular weight excluding hydrogens is 224 g/mol. The van der Waals surface area contributed by atoms with Crippen molar-refractivity contribution in [2.45, 2.75) is 45.1 Å². The van der Waals surface area contributed by atoms with Gasteiger partial charge in [0.25, 0.3) is 0 Å². The molecule has 1 aliphatic carbocycles. The van der Waals surface area contributed by atoms with Gasteiger partial charge < -0.3 is 10.1 Å². The molecule has 1 saturated heterocycles. The molecule has 0 bridgehead atoms. The molecule has 1 saturated carbocycles. The number of fused-ring (bicyclic) bond motifs is 1. The number of nitrogens with one attached hydrogen (secondary N) is 1. The van der Waals surface area contributed by atoms with E-state index < -0.39 is 0 Å². The van der Waals surface area contributed by atoms with Gasteiger partial charge in [-0.3, -0.25) is 4.90 Å². The minimum atomic E-state index is 0.671.